The summed E-state index contributed by atoms with van der Waals surface area (Å²) in [4.78, 5) is 26.0. The third-order valence-electron chi connectivity index (χ3n) is 5.46. The van der Waals surface area contributed by atoms with E-state index >= 15 is 0 Å². The number of halogens is 1. The SMILES string of the molecule is CCc1nsc(N2CCN(C(=NC)NCc3cccc(C(=O)NC(C)CC)c3)CC2)n1.I. The zero-order valence-corrected chi connectivity index (χ0v) is 22.4. The van der Waals surface area contributed by atoms with Gasteiger partial charge in [0.1, 0.15) is 5.82 Å². The highest BCUT2D eigenvalue weighted by molar-refractivity contribution is 14.0. The third kappa shape index (κ3) is 7.03. The van der Waals surface area contributed by atoms with E-state index in [4.69, 9.17) is 0 Å². The van der Waals surface area contributed by atoms with Crippen LogP contribution in [0.2, 0.25) is 0 Å². The summed E-state index contributed by atoms with van der Waals surface area (Å²) in [6, 6.07) is 7.92. The standard InChI is InChI=1S/C22H33N7OS.HI/c1-5-16(3)25-20(30)18-9-7-8-17(14-18)15-24-21(23-4)28-10-12-29(13-11-28)22-26-19(6-2)27-31-22;/h7-9,14,16H,5-6,10-13,15H2,1-4H3,(H,23,24)(H,25,30);1H. The number of benzene rings is 1. The predicted molar refractivity (Wildman–Crippen MR) is 142 cm³/mol. The van der Waals surface area contributed by atoms with Gasteiger partial charge in [-0.2, -0.15) is 4.37 Å². The van der Waals surface area contributed by atoms with E-state index in [1.54, 1.807) is 0 Å². The van der Waals surface area contributed by atoms with Crippen LogP contribution in [-0.2, 0) is 13.0 Å². The molecule has 1 amide bonds. The molecule has 0 aliphatic carbocycles. The van der Waals surface area contributed by atoms with Crippen molar-refractivity contribution >= 4 is 52.5 Å². The van der Waals surface area contributed by atoms with Gasteiger partial charge < -0.3 is 20.4 Å². The molecule has 1 aliphatic heterocycles. The maximum atomic E-state index is 12.4. The van der Waals surface area contributed by atoms with Crippen molar-refractivity contribution in [3.63, 3.8) is 0 Å². The minimum atomic E-state index is -0.0281. The van der Waals surface area contributed by atoms with Gasteiger partial charge in [-0.15, -0.1) is 24.0 Å². The molecule has 1 atom stereocenters. The van der Waals surface area contributed by atoms with E-state index in [0.29, 0.717) is 12.1 Å². The Morgan fingerprint density at radius 3 is 2.62 bits per heavy atom. The molecule has 0 bridgehead atoms. The van der Waals surface area contributed by atoms with E-state index < -0.39 is 0 Å². The van der Waals surface area contributed by atoms with E-state index in [-0.39, 0.29) is 35.9 Å². The quantitative estimate of drug-likeness (QED) is 0.302. The number of aryl methyl sites for hydroxylation is 1. The van der Waals surface area contributed by atoms with Crippen LogP contribution in [0.4, 0.5) is 5.13 Å². The summed E-state index contributed by atoms with van der Waals surface area (Å²) in [6.07, 6.45) is 1.78. The molecule has 8 nitrogen and oxygen atoms in total. The van der Waals surface area contributed by atoms with Gasteiger partial charge in [-0.25, -0.2) is 4.98 Å². The van der Waals surface area contributed by atoms with Crippen molar-refractivity contribution in [3.8, 4) is 0 Å². The number of hydrogen-bond acceptors (Lipinski definition) is 6. The van der Waals surface area contributed by atoms with Crippen molar-refractivity contribution in [1.29, 1.82) is 0 Å². The average Bonchev–Trinajstić information content (AvgIpc) is 3.29. The van der Waals surface area contributed by atoms with Gasteiger partial charge in [0.15, 0.2) is 5.96 Å². The Labute approximate surface area is 212 Å². The maximum absolute atomic E-state index is 12.4. The number of anilines is 1. The fourth-order valence-electron chi connectivity index (χ4n) is 3.37. The van der Waals surface area contributed by atoms with Gasteiger partial charge in [-0.1, -0.05) is 26.0 Å². The first-order valence-electron chi connectivity index (χ1n) is 11.0. The van der Waals surface area contributed by atoms with Crippen LogP contribution >= 0.6 is 35.5 Å². The number of carbonyl (C=O) groups excluding carboxylic acids is 1. The predicted octanol–water partition coefficient (Wildman–Crippen LogP) is 3.14. The van der Waals surface area contributed by atoms with Crippen LogP contribution in [0.5, 0.6) is 0 Å². The molecular formula is C22H34IN7OS. The van der Waals surface area contributed by atoms with Crippen LogP contribution in [-0.4, -0.2) is 65.4 Å². The second-order valence-corrected chi connectivity index (χ2v) is 8.44. The number of amides is 1. The molecule has 1 aliphatic rings. The minimum absolute atomic E-state index is 0. The Bertz CT molecular complexity index is 896. The number of guanidine groups is 1. The van der Waals surface area contributed by atoms with Gasteiger partial charge in [0.25, 0.3) is 5.91 Å². The Hall–Kier alpha value is -1.95. The summed E-state index contributed by atoms with van der Waals surface area (Å²) in [5.41, 5.74) is 1.74. The molecule has 1 aromatic carbocycles. The van der Waals surface area contributed by atoms with Crippen molar-refractivity contribution in [1.82, 2.24) is 24.9 Å². The van der Waals surface area contributed by atoms with Gasteiger partial charge in [-0.3, -0.25) is 9.79 Å². The van der Waals surface area contributed by atoms with E-state index in [0.717, 1.165) is 61.5 Å². The molecule has 1 unspecified atom stereocenters. The van der Waals surface area contributed by atoms with E-state index in [1.807, 2.05) is 38.2 Å². The van der Waals surface area contributed by atoms with Gasteiger partial charge in [-0.05, 0) is 31.0 Å². The van der Waals surface area contributed by atoms with Crippen LogP contribution in [0.25, 0.3) is 0 Å². The smallest absolute Gasteiger partial charge is 0.251 e. The first-order valence-corrected chi connectivity index (χ1v) is 11.7. The highest BCUT2D eigenvalue weighted by Crippen LogP contribution is 2.19. The van der Waals surface area contributed by atoms with Crippen molar-refractivity contribution in [2.75, 3.05) is 38.1 Å². The maximum Gasteiger partial charge on any atom is 0.251 e. The number of aliphatic imine (C=N–C) groups is 1. The molecule has 1 saturated heterocycles. The van der Waals surface area contributed by atoms with Crippen LogP contribution in [0.3, 0.4) is 0 Å². The molecule has 0 radical (unpaired) electrons. The summed E-state index contributed by atoms with van der Waals surface area (Å²) < 4.78 is 4.39. The lowest BCUT2D eigenvalue weighted by Gasteiger charge is -2.36. The largest absolute Gasteiger partial charge is 0.352 e. The van der Waals surface area contributed by atoms with Gasteiger partial charge in [0, 0.05) is 69.3 Å². The lowest BCUT2D eigenvalue weighted by atomic mass is 10.1. The van der Waals surface area contributed by atoms with Crippen LogP contribution in [0, 0.1) is 0 Å². The lowest BCUT2D eigenvalue weighted by molar-refractivity contribution is 0.0939. The summed E-state index contributed by atoms with van der Waals surface area (Å²) in [6.45, 7) is 10.3. The molecule has 0 spiro atoms. The van der Waals surface area contributed by atoms with Crippen molar-refractivity contribution < 1.29 is 4.79 Å². The molecule has 10 heteroatoms. The number of hydrogen-bond donors (Lipinski definition) is 2. The molecule has 2 aromatic rings. The topological polar surface area (TPSA) is 85.8 Å². The van der Waals surface area contributed by atoms with Gasteiger partial charge in [0.2, 0.25) is 5.13 Å². The average molecular weight is 572 g/mol. The van der Waals surface area contributed by atoms with Crippen LogP contribution in [0.15, 0.2) is 29.3 Å². The van der Waals surface area contributed by atoms with Crippen molar-refractivity contribution in [2.24, 2.45) is 4.99 Å². The third-order valence-corrected chi connectivity index (χ3v) is 6.28. The second-order valence-electron chi connectivity index (χ2n) is 7.70. The second kappa shape index (κ2) is 12.9. The van der Waals surface area contributed by atoms with Crippen molar-refractivity contribution in [3.05, 3.63) is 41.2 Å². The Kier molecular flexibility index (Phi) is 10.6. The Balaban J connectivity index is 0.00000363. The Morgan fingerprint density at radius 2 is 2.00 bits per heavy atom. The number of aromatic nitrogens is 2. The highest BCUT2D eigenvalue weighted by atomic mass is 127. The van der Waals surface area contributed by atoms with E-state index in [9.17, 15) is 4.79 Å². The number of nitrogens with zero attached hydrogens (tertiary/aromatic N) is 5. The molecule has 0 saturated carbocycles. The molecule has 2 heterocycles. The fourth-order valence-corrected chi connectivity index (χ4v) is 4.17. The molecule has 2 N–H and O–H groups in total. The summed E-state index contributed by atoms with van der Waals surface area (Å²) in [7, 11) is 1.81. The normalized spacial score (nSPS) is 15.2. The minimum Gasteiger partial charge on any atom is -0.352 e. The molecule has 1 aromatic heterocycles. The first kappa shape index (κ1) is 26.3. The highest BCUT2D eigenvalue weighted by Gasteiger charge is 2.22. The molecule has 176 valence electrons. The molecule has 1 fully saturated rings. The number of carbonyl (C=O) groups is 1. The number of rotatable bonds is 7. The molecule has 3 rings (SSSR count). The van der Waals surface area contributed by atoms with Gasteiger partial charge in [0.05, 0.1) is 0 Å². The van der Waals surface area contributed by atoms with E-state index in [2.05, 4.69) is 48.6 Å². The van der Waals surface area contributed by atoms with Crippen molar-refractivity contribution in [2.45, 2.75) is 46.2 Å². The summed E-state index contributed by atoms with van der Waals surface area (Å²) in [5.74, 6) is 1.76. The Morgan fingerprint density at radius 1 is 1.25 bits per heavy atom. The number of piperazine rings is 1. The monoisotopic (exact) mass is 571 g/mol. The summed E-state index contributed by atoms with van der Waals surface area (Å²) in [5, 5.41) is 7.47. The molecular weight excluding hydrogens is 537 g/mol. The zero-order chi connectivity index (χ0) is 22.2. The van der Waals surface area contributed by atoms with Gasteiger partial charge >= 0.3 is 0 Å². The zero-order valence-electron chi connectivity index (χ0n) is 19.3. The van der Waals surface area contributed by atoms with Crippen LogP contribution < -0.4 is 15.5 Å². The number of nitrogens with one attached hydrogen (secondary N) is 2. The fraction of sp³-hybridized carbons (Fsp3) is 0.545. The van der Waals surface area contributed by atoms with E-state index in [1.165, 1.54) is 11.5 Å². The lowest BCUT2D eigenvalue weighted by Crippen LogP contribution is -2.52. The molecule has 32 heavy (non-hydrogen) atoms. The summed E-state index contributed by atoms with van der Waals surface area (Å²) >= 11 is 1.48. The van der Waals surface area contributed by atoms with Crippen LogP contribution in [0.1, 0.15) is 48.9 Å². The first-order chi connectivity index (χ1) is 15.0.